The molecule has 31 heavy (non-hydrogen) atoms. The SMILES string of the molecule is OC(c1ccc2c(c1)C1C=CCC1C(c1ccc(Cl)cc1Cl)N2)(C(F)(F)F)C(F)(F)F. The Bertz CT molecular complexity index is 1040. The minimum absolute atomic E-state index is 0.189. The number of halogens is 8. The Balaban J connectivity index is 1.81. The van der Waals surface area contributed by atoms with Crippen molar-refractivity contribution in [2.45, 2.75) is 36.3 Å². The quantitative estimate of drug-likeness (QED) is 0.353. The van der Waals surface area contributed by atoms with E-state index >= 15 is 0 Å². The predicted octanol–water partition coefficient (Wildman–Crippen LogP) is 7.13. The van der Waals surface area contributed by atoms with Crippen LogP contribution in [0.15, 0.2) is 48.6 Å². The minimum Gasteiger partial charge on any atom is -0.378 e. The van der Waals surface area contributed by atoms with Gasteiger partial charge in [0.25, 0.3) is 5.60 Å². The van der Waals surface area contributed by atoms with Crippen LogP contribution in [0.3, 0.4) is 0 Å². The first-order chi connectivity index (χ1) is 14.3. The highest BCUT2D eigenvalue weighted by Gasteiger charge is 2.71. The second-order valence-electron chi connectivity index (χ2n) is 7.65. The molecule has 3 atom stereocenters. The molecule has 0 saturated carbocycles. The second-order valence-corrected chi connectivity index (χ2v) is 8.49. The third-order valence-corrected chi connectivity index (χ3v) is 6.46. The van der Waals surface area contributed by atoms with Gasteiger partial charge in [-0.2, -0.15) is 26.3 Å². The highest BCUT2D eigenvalue weighted by Crippen LogP contribution is 2.54. The van der Waals surface area contributed by atoms with Gasteiger partial charge in [0.15, 0.2) is 0 Å². The molecule has 166 valence electrons. The highest BCUT2D eigenvalue weighted by atomic mass is 35.5. The number of rotatable bonds is 2. The molecule has 2 nitrogen and oxygen atoms in total. The summed E-state index contributed by atoms with van der Waals surface area (Å²) in [6.07, 6.45) is -7.74. The standard InChI is InChI=1S/C21H15Cl2F6NO/c22-11-5-6-14(16(23)9-11)18-13-3-1-2-12(13)15-8-10(4-7-17(15)30-18)19(31,20(24,25)26)21(27,28)29/h1-2,4-9,12-13,18,30-31H,3H2. The van der Waals surface area contributed by atoms with Gasteiger partial charge in [0.1, 0.15) is 0 Å². The summed E-state index contributed by atoms with van der Waals surface area (Å²) in [5.74, 6) is -0.634. The van der Waals surface area contributed by atoms with Crippen molar-refractivity contribution in [1.29, 1.82) is 0 Å². The van der Waals surface area contributed by atoms with Crippen molar-refractivity contribution in [1.82, 2.24) is 0 Å². The number of nitrogens with one attached hydrogen (secondary N) is 1. The fourth-order valence-electron chi connectivity index (χ4n) is 4.37. The van der Waals surface area contributed by atoms with Gasteiger partial charge in [-0.05, 0) is 47.7 Å². The Morgan fingerprint density at radius 1 is 0.903 bits per heavy atom. The summed E-state index contributed by atoms with van der Waals surface area (Å²) >= 11 is 12.3. The number of fused-ring (bicyclic) bond motifs is 3. The zero-order valence-corrected chi connectivity index (χ0v) is 17.0. The number of benzene rings is 2. The van der Waals surface area contributed by atoms with Crippen molar-refractivity contribution in [3.05, 3.63) is 75.3 Å². The van der Waals surface area contributed by atoms with Crippen molar-refractivity contribution in [2.75, 3.05) is 5.32 Å². The molecule has 2 aromatic rings. The zero-order valence-electron chi connectivity index (χ0n) is 15.5. The molecule has 0 amide bonds. The molecule has 0 fully saturated rings. The summed E-state index contributed by atoms with van der Waals surface area (Å²) in [6, 6.07) is 7.21. The average molecular weight is 482 g/mol. The first-order valence-corrected chi connectivity index (χ1v) is 9.98. The van der Waals surface area contributed by atoms with E-state index < -0.39 is 29.4 Å². The van der Waals surface area contributed by atoms with Crippen LogP contribution >= 0.6 is 23.2 Å². The summed E-state index contributed by atoms with van der Waals surface area (Å²) in [5, 5.41) is 13.8. The van der Waals surface area contributed by atoms with Crippen LogP contribution in [0.5, 0.6) is 0 Å². The van der Waals surface area contributed by atoms with Crippen LogP contribution in [-0.4, -0.2) is 17.5 Å². The van der Waals surface area contributed by atoms with Crippen LogP contribution in [0.4, 0.5) is 32.0 Å². The monoisotopic (exact) mass is 481 g/mol. The van der Waals surface area contributed by atoms with Gasteiger partial charge < -0.3 is 10.4 Å². The van der Waals surface area contributed by atoms with Gasteiger partial charge >= 0.3 is 12.4 Å². The van der Waals surface area contributed by atoms with Crippen LogP contribution in [0.25, 0.3) is 0 Å². The molecule has 2 N–H and O–H groups in total. The summed E-state index contributed by atoms with van der Waals surface area (Å²) in [7, 11) is 0. The van der Waals surface area contributed by atoms with Gasteiger partial charge in [-0.15, -0.1) is 0 Å². The van der Waals surface area contributed by atoms with Gasteiger partial charge in [-0.1, -0.05) is 47.5 Å². The number of hydrogen-bond acceptors (Lipinski definition) is 2. The normalized spacial score (nSPS) is 23.3. The van der Waals surface area contributed by atoms with Gasteiger partial charge in [0.2, 0.25) is 0 Å². The Kier molecular flexibility index (Phi) is 5.26. The molecule has 10 heteroatoms. The topological polar surface area (TPSA) is 32.3 Å². The maximum Gasteiger partial charge on any atom is 0.430 e. The Morgan fingerprint density at radius 2 is 1.58 bits per heavy atom. The molecule has 2 aromatic carbocycles. The van der Waals surface area contributed by atoms with Crippen LogP contribution in [0.2, 0.25) is 10.0 Å². The molecule has 1 aliphatic heterocycles. The number of aliphatic hydroxyl groups is 1. The van der Waals surface area contributed by atoms with Gasteiger partial charge in [-0.25, -0.2) is 0 Å². The summed E-state index contributed by atoms with van der Waals surface area (Å²) in [6.45, 7) is 0. The molecule has 1 heterocycles. The third kappa shape index (κ3) is 3.49. The van der Waals surface area contributed by atoms with Gasteiger partial charge in [-0.3, -0.25) is 0 Å². The molecule has 4 rings (SSSR count). The Morgan fingerprint density at radius 3 is 2.19 bits per heavy atom. The van der Waals surface area contributed by atoms with E-state index in [2.05, 4.69) is 5.32 Å². The van der Waals surface area contributed by atoms with Crippen molar-refractivity contribution < 1.29 is 31.4 Å². The first kappa shape index (κ1) is 22.3. The van der Waals surface area contributed by atoms with E-state index in [0.29, 0.717) is 28.2 Å². The van der Waals surface area contributed by atoms with E-state index in [0.717, 1.165) is 17.7 Å². The van der Waals surface area contributed by atoms with E-state index in [9.17, 15) is 31.4 Å². The molecule has 0 radical (unpaired) electrons. The molecule has 3 unspecified atom stereocenters. The fourth-order valence-corrected chi connectivity index (χ4v) is 4.90. The van der Waals surface area contributed by atoms with Crippen LogP contribution in [0, 0.1) is 5.92 Å². The number of hydrogen-bond donors (Lipinski definition) is 2. The van der Waals surface area contributed by atoms with E-state index in [4.69, 9.17) is 23.2 Å². The van der Waals surface area contributed by atoms with E-state index in [-0.39, 0.29) is 17.5 Å². The molecule has 1 aliphatic carbocycles. The molecule has 0 bridgehead atoms. The fraction of sp³-hybridized carbons (Fsp3) is 0.333. The average Bonchev–Trinajstić information content (AvgIpc) is 3.15. The van der Waals surface area contributed by atoms with Crippen LogP contribution in [-0.2, 0) is 5.60 Å². The smallest absolute Gasteiger partial charge is 0.378 e. The lowest BCUT2D eigenvalue weighted by Crippen LogP contribution is -2.54. The second kappa shape index (κ2) is 7.32. The largest absolute Gasteiger partial charge is 0.430 e. The maximum absolute atomic E-state index is 13.3. The summed E-state index contributed by atoms with van der Waals surface area (Å²) in [4.78, 5) is 0. The molecular formula is C21H15Cl2F6NO. The lowest BCUT2D eigenvalue weighted by molar-refractivity contribution is -0.376. The van der Waals surface area contributed by atoms with Crippen molar-refractivity contribution in [3.8, 4) is 0 Å². The summed E-state index contributed by atoms with van der Waals surface area (Å²) < 4.78 is 79.9. The van der Waals surface area contributed by atoms with E-state index in [1.165, 1.54) is 0 Å². The summed E-state index contributed by atoms with van der Waals surface area (Å²) in [5.41, 5.74) is -4.89. The molecule has 0 saturated heterocycles. The molecular weight excluding hydrogens is 467 g/mol. The maximum atomic E-state index is 13.3. The molecule has 2 aliphatic rings. The molecule has 0 aromatic heterocycles. The number of anilines is 1. The predicted molar refractivity (Wildman–Crippen MR) is 105 cm³/mol. The van der Waals surface area contributed by atoms with Crippen molar-refractivity contribution >= 4 is 28.9 Å². The van der Waals surface area contributed by atoms with Crippen molar-refractivity contribution in [2.24, 2.45) is 5.92 Å². The third-order valence-electron chi connectivity index (χ3n) is 5.90. The number of allylic oxidation sites excluding steroid dienone is 2. The minimum atomic E-state index is -5.94. The molecule has 0 spiro atoms. The first-order valence-electron chi connectivity index (χ1n) is 9.23. The van der Waals surface area contributed by atoms with Crippen LogP contribution < -0.4 is 5.32 Å². The zero-order chi connectivity index (χ0) is 22.8. The van der Waals surface area contributed by atoms with E-state index in [1.54, 1.807) is 24.3 Å². The van der Waals surface area contributed by atoms with Crippen LogP contribution in [0.1, 0.15) is 35.1 Å². The van der Waals surface area contributed by atoms with Crippen molar-refractivity contribution in [3.63, 3.8) is 0 Å². The Labute approximate surface area is 183 Å². The lowest BCUT2D eigenvalue weighted by Gasteiger charge is -2.39. The van der Waals surface area contributed by atoms with Gasteiger partial charge in [0.05, 0.1) is 6.04 Å². The highest BCUT2D eigenvalue weighted by molar-refractivity contribution is 6.35. The lowest BCUT2D eigenvalue weighted by atomic mass is 9.75. The van der Waals surface area contributed by atoms with E-state index in [1.807, 2.05) is 6.08 Å². The van der Waals surface area contributed by atoms with Gasteiger partial charge in [0, 0.05) is 27.2 Å². The number of alkyl halides is 6. The Hall–Kier alpha value is -1.90.